The van der Waals surface area contributed by atoms with Gasteiger partial charge < -0.3 is 4.74 Å². The quantitative estimate of drug-likeness (QED) is 0.525. The van der Waals surface area contributed by atoms with E-state index in [2.05, 4.69) is 21.8 Å². The predicted molar refractivity (Wildman–Crippen MR) is 126 cm³/mol. The lowest BCUT2D eigenvalue weighted by atomic mass is 9.96. The normalized spacial score (nSPS) is 14.4. The summed E-state index contributed by atoms with van der Waals surface area (Å²) in [6.07, 6.45) is 3.52. The van der Waals surface area contributed by atoms with Gasteiger partial charge in [0, 0.05) is 48.9 Å². The van der Waals surface area contributed by atoms with Gasteiger partial charge in [0.1, 0.15) is 18.5 Å². The minimum atomic E-state index is -0.560. The number of esters is 1. The fourth-order valence-electron chi connectivity index (χ4n) is 4.40. The third-order valence-corrected chi connectivity index (χ3v) is 6.34. The second-order valence-electron chi connectivity index (χ2n) is 8.20. The summed E-state index contributed by atoms with van der Waals surface area (Å²) < 4.78 is 19.1. The van der Waals surface area contributed by atoms with Crippen LogP contribution in [-0.2, 0) is 30.7 Å². The van der Waals surface area contributed by atoms with E-state index in [4.69, 9.17) is 10.00 Å². The molecule has 2 aliphatic rings. The van der Waals surface area contributed by atoms with E-state index in [1.54, 1.807) is 6.07 Å². The van der Waals surface area contributed by atoms with Crippen LogP contribution >= 0.6 is 0 Å². The van der Waals surface area contributed by atoms with E-state index < -0.39 is 5.82 Å². The largest absolute Gasteiger partial charge is 0.457 e. The average Bonchev–Trinajstić information content (AvgIpc) is 3.25. The van der Waals surface area contributed by atoms with Crippen LogP contribution in [0.4, 0.5) is 4.39 Å². The van der Waals surface area contributed by atoms with Crippen LogP contribution in [0.1, 0.15) is 57.7 Å². The summed E-state index contributed by atoms with van der Waals surface area (Å²) in [7, 11) is 0. The number of halogens is 1. The lowest BCUT2D eigenvalue weighted by molar-refractivity contribution is 0.0535. The Morgan fingerprint density at radius 1 is 1.24 bits per heavy atom. The van der Waals surface area contributed by atoms with Gasteiger partial charge in [0.25, 0.3) is 0 Å². The smallest absolute Gasteiger partial charge is 0.338 e. The molecular formula is C27H27FN4O2. The number of hydrogen-bond donors (Lipinski definition) is 0. The zero-order valence-corrected chi connectivity index (χ0v) is 19.7. The lowest BCUT2D eigenvalue weighted by Gasteiger charge is -2.28. The fraction of sp³-hybridized carbons (Fsp3) is 0.333. The minimum absolute atomic E-state index is 0.0140. The third kappa shape index (κ3) is 4.55. The number of benzene rings is 2. The van der Waals surface area contributed by atoms with Gasteiger partial charge >= 0.3 is 5.97 Å². The first-order chi connectivity index (χ1) is 16.5. The summed E-state index contributed by atoms with van der Waals surface area (Å²) in [6, 6.07) is 10.2. The maximum atomic E-state index is 14.0. The number of carbonyl (C=O) groups excluding carboxylic acids is 1. The predicted octanol–water partition coefficient (Wildman–Crippen LogP) is 4.76. The highest BCUT2D eigenvalue weighted by molar-refractivity contribution is 5.93. The fourth-order valence-corrected chi connectivity index (χ4v) is 4.40. The zero-order valence-electron chi connectivity index (χ0n) is 19.7. The van der Waals surface area contributed by atoms with Gasteiger partial charge in [-0.1, -0.05) is 19.9 Å². The number of nitriles is 1. The zero-order chi connectivity index (χ0) is 24.2. The maximum Gasteiger partial charge on any atom is 0.338 e. The van der Waals surface area contributed by atoms with Crippen LogP contribution in [-0.4, -0.2) is 33.9 Å². The molecule has 5 rings (SSSR count). The molecule has 0 N–H and O–H groups in total. The third-order valence-electron chi connectivity index (χ3n) is 6.34. The Morgan fingerprint density at radius 2 is 2.06 bits per heavy atom. The van der Waals surface area contributed by atoms with E-state index in [9.17, 15) is 9.18 Å². The average molecular weight is 459 g/mol. The van der Waals surface area contributed by atoms with Crippen molar-refractivity contribution >= 4 is 5.97 Å². The molecular weight excluding hydrogens is 431 g/mol. The van der Waals surface area contributed by atoms with Crippen LogP contribution in [0.5, 0.6) is 0 Å². The molecule has 0 radical (unpaired) electrons. The molecule has 0 aliphatic carbocycles. The molecule has 7 heteroatoms. The molecule has 0 atom stereocenters. The highest BCUT2D eigenvalue weighted by Crippen LogP contribution is 2.27. The SMILES string of the molecule is CC.Cc1c(CCN2CCc3nc(-c4ccc(C#N)c(F)c4)ncc3C2)ccc2c1COC2=O. The summed E-state index contributed by atoms with van der Waals surface area (Å²) in [4.78, 5) is 23.2. The van der Waals surface area contributed by atoms with Crippen LogP contribution in [0.3, 0.4) is 0 Å². The van der Waals surface area contributed by atoms with E-state index >= 15 is 0 Å². The topological polar surface area (TPSA) is 79.1 Å². The van der Waals surface area contributed by atoms with E-state index in [1.165, 1.54) is 17.7 Å². The Morgan fingerprint density at radius 3 is 2.82 bits per heavy atom. The van der Waals surface area contributed by atoms with Crippen molar-refractivity contribution in [1.82, 2.24) is 14.9 Å². The van der Waals surface area contributed by atoms with Crippen LogP contribution in [0, 0.1) is 24.1 Å². The van der Waals surface area contributed by atoms with E-state index in [0.29, 0.717) is 23.6 Å². The number of aromatic nitrogens is 2. The van der Waals surface area contributed by atoms with Crippen LogP contribution < -0.4 is 0 Å². The van der Waals surface area contributed by atoms with Crippen molar-refractivity contribution in [2.45, 2.75) is 46.8 Å². The summed E-state index contributed by atoms with van der Waals surface area (Å²) >= 11 is 0. The molecule has 0 saturated heterocycles. The summed E-state index contributed by atoms with van der Waals surface area (Å²) in [5, 5.41) is 8.90. The number of nitrogens with zero attached hydrogens (tertiary/aromatic N) is 4. The monoisotopic (exact) mass is 458 g/mol. The summed E-state index contributed by atoms with van der Waals surface area (Å²) in [5.74, 6) is -0.313. The minimum Gasteiger partial charge on any atom is -0.457 e. The molecule has 34 heavy (non-hydrogen) atoms. The Bertz CT molecular complexity index is 1280. The van der Waals surface area contributed by atoms with Gasteiger partial charge in [0.15, 0.2) is 5.82 Å². The Kier molecular flexibility index (Phi) is 6.99. The van der Waals surface area contributed by atoms with Crippen molar-refractivity contribution in [2.75, 3.05) is 13.1 Å². The first-order valence-electron chi connectivity index (χ1n) is 11.6. The Balaban J connectivity index is 0.00000133. The second kappa shape index (κ2) is 10.1. The van der Waals surface area contributed by atoms with Gasteiger partial charge in [-0.3, -0.25) is 4.90 Å². The molecule has 2 aliphatic heterocycles. The Hall–Kier alpha value is -3.63. The molecule has 0 spiro atoms. The molecule has 0 saturated carbocycles. The molecule has 0 fully saturated rings. The molecule has 0 bridgehead atoms. The van der Waals surface area contributed by atoms with Gasteiger partial charge in [-0.25, -0.2) is 19.2 Å². The molecule has 174 valence electrons. The number of cyclic esters (lactones) is 1. The van der Waals surface area contributed by atoms with Crippen molar-refractivity contribution in [3.8, 4) is 17.5 Å². The number of hydrogen-bond acceptors (Lipinski definition) is 6. The molecule has 0 amide bonds. The van der Waals surface area contributed by atoms with Crippen molar-refractivity contribution in [3.05, 3.63) is 81.4 Å². The molecule has 3 heterocycles. The van der Waals surface area contributed by atoms with Crippen molar-refractivity contribution in [3.63, 3.8) is 0 Å². The highest BCUT2D eigenvalue weighted by atomic mass is 19.1. The van der Waals surface area contributed by atoms with Crippen molar-refractivity contribution < 1.29 is 13.9 Å². The Labute approximate surface area is 199 Å². The summed E-state index contributed by atoms with van der Waals surface area (Å²) in [6.45, 7) is 8.98. The van der Waals surface area contributed by atoms with Crippen LogP contribution in [0.15, 0.2) is 36.5 Å². The first-order valence-corrected chi connectivity index (χ1v) is 11.6. The molecule has 0 unspecified atom stereocenters. The van der Waals surface area contributed by atoms with E-state index in [0.717, 1.165) is 54.9 Å². The molecule has 6 nitrogen and oxygen atoms in total. The van der Waals surface area contributed by atoms with Crippen molar-refractivity contribution in [2.24, 2.45) is 0 Å². The number of carbonyl (C=O) groups is 1. The van der Waals surface area contributed by atoms with Gasteiger partial charge in [-0.15, -0.1) is 0 Å². The number of fused-ring (bicyclic) bond motifs is 2. The van der Waals surface area contributed by atoms with E-state index in [1.807, 2.05) is 38.2 Å². The first kappa shape index (κ1) is 23.5. The van der Waals surface area contributed by atoms with Crippen molar-refractivity contribution in [1.29, 1.82) is 5.26 Å². The summed E-state index contributed by atoms with van der Waals surface area (Å²) in [5.41, 5.74) is 6.74. The lowest BCUT2D eigenvalue weighted by Crippen LogP contribution is -2.33. The highest BCUT2D eigenvalue weighted by Gasteiger charge is 2.24. The van der Waals surface area contributed by atoms with Crippen LogP contribution in [0.25, 0.3) is 11.4 Å². The van der Waals surface area contributed by atoms with Gasteiger partial charge in [0.2, 0.25) is 0 Å². The van der Waals surface area contributed by atoms with Gasteiger partial charge in [-0.05, 0) is 48.7 Å². The second-order valence-corrected chi connectivity index (χ2v) is 8.20. The molecule has 1 aromatic heterocycles. The van der Waals surface area contributed by atoms with Gasteiger partial charge in [-0.2, -0.15) is 5.26 Å². The maximum absolute atomic E-state index is 14.0. The van der Waals surface area contributed by atoms with E-state index in [-0.39, 0.29) is 11.5 Å². The number of rotatable bonds is 4. The molecule has 2 aromatic carbocycles. The van der Waals surface area contributed by atoms with Crippen LogP contribution in [0.2, 0.25) is 0 Å². The molecule has 3 aromatic rings. The number of ether oxygens (including phenoxy) is 1. The standard InChI is InChI=1S/C25H21FN4O2.C2H6/c1-15-16(4-5-20-21(15)14-32-25(20)31)6-8-30-9-7-23-19(13-30)12-28-24(29-23)17-2-3-18(11-27)22(26)10-17;1-2/h2-5,10,12H,6-9,13-14H2,1H3;1-2H3. The van der Waals surface area contributed by atoms with Gasteiger partial charge in [0.05, 0.1) is 16.8 Å².